The van der Waals surface area contributed by atoms with Crippen molar-refractivity contribution in [2.45, 2.75) is 32.6 Å². The molecule has 0 aliphatic heterocycles. The summed E-state index contributed by atoms with van der Waals surface area (Å²) < 4.78 is 65.4. The predicted molar refractivity (Wildman–Crippen MR) is 124 cm³/mol. The van der Waals surface area contributed by atoms with Crippen LogP contribution in [0.2, 0.25) is 5.02 Å². The van der Waals surface area contributed by atoms with Crippen molar-refractivity contribution < 1.29 is 31.2 Å². The van der Waals surface area contributed by atoms with Gasteiger partial charge in [-0.15, -0.1) is 0 Å². The topological polar surface area (TPSA) is 86.8 Å². The number of rotatable bonds is 9. The molecule has 0 saturated heterocycles. The molecule has 7 nitrogen and oxygen atoms in total. The van der Waals surface area contributed by atoms with Crippen molar-refractivity contribution >= 4 is 39.1 Å². The second-order valence-corrected chi connectivity index (χ2v) is 9.82. The standard InChI is InChI=1S/C22H25ClF3N3O4S/c1-4-27-21(31)15(2)28(13-16-8-6-5-7-9-16)20(30)14-29(34(3,32)33)17-10-11-19(23)18(12-17)22(24,25)26/h5-12,15H,4,13-14H2,1-3H3,(H,27,31)/t15-/m0/s1. The number of carbonyl (C=O) groups excluding carboxylic acids is 2. The van der Waals surface area contributed by atoms with Crippen LogP contribution in [0.15, 0.2) is 48.5 Å². The van der Waals surface area contributed by atoms with Crippen LogP contribution in [0, 0.1) is 0 Å². The zero-order chi connectivity index (χ0) is 25.7. The van der Waals surface area contributed by atoms with E-state index in [0.717, 1.165) is 18.4 Å². The van der Waals surface area contributed by atoms with Gasteiger partial charge in [-0.05, 0) is 37.6 Å². The zero-order valence-corrected chi connectivity index (χ0v) is 20.3. The number of carbonyl (C=O) groups is 2. The lowest BCUT2D eigenvalue weighted by Crippen LogP contribution is -2.51. The Balaban J connectivity index is 2.45. The molecule has 0 fully saturated rings. The smallest absolute Gasteiger partial charge is 0.355 e. The Morgan fingerprint density at radius 1 is 1.12 bits per heavy atom. The van der Waals surface area contributed by atoms with Crippen molar-refractivity contribution in [1.82, 2.24) is 10.2 Å². The van der Waals surface area contributed by atoms with E-state index in [2.05, 4.69) is 5.32 Å². The van der Waals surface area contributed by atoms with E-state index >= 15 is 0 Å². The van der Waals surface area contributed by atoms with Gasteiger partial charge in [0.15, 0.2) is 0 Å². The molecule has 0 aromatic heterocycles. The molecule has 34 heavy (non-hydrogen) atoms. The molecule has 0 bridgehead atoms. The molecule has 0 spiro atoms. The average Bonchev–Trinajstić information content (AvgIpc) is 2.75. The van der Waals surface area contributed by atoms with Crippen LogP contribution in [0.5, 0.6) is 0 Å². The molecule has 0 saturated carbocycles. The molecule has 186 valence electrons. The number of halogens is 4. The molecule has 1 atom stereocenters. The summed E-state index contributed by atoms with van der Waals surface area (Å²) in [5.41, 5.74) is -0.925. The fourth-order valence-electron chi connectivity index (χ4n) is 3.18. The maximum atomic E-state index is 13.3. The lowest BCUT2D eigenvalue weighted by atomic mass is 10.1. The summed E-state index contributed by atoms with van der Waals surface area (Å²) in [6.45, 7) is 2.69. The number of alkyl halides is 3. The number of hydrogen-bond donors (Lipinski definition) is 1. The first kappa shape index (κ1) is 27.5. The maximum Gasteiger partial charge on any atom is 0.417 e. The number of nitrogens with zero attached hydrogens (tertiary/aromatic N) is 2. The highest BCUT2D eigenvalue weighted by molar-refractivity contribution is 7.92. The van der Waals surface area contributed by atoms with Crippen LogP contribution in [0.4, 0.5) is 18.9 Å². The molecule has 0 radical (unpaired) electrons. The maximum absolute atomic E-state index is 13.3. The summed E-state index contributed by atoms with van der Waals surface area (Å²) in [5.74, 6) is -1.22. The van der Waals surface area contributed by atoms with Gasteiger partial charge in [0.05, 0.1) is 22.5 Å². The van der Waals surface area contributed by atoms with Crippen LogP contribution in [0.1, 0.15) is 25.0 Å². The normalized spacial score (nSPS) is 12.7. The summed E-state index contributed by atoms with van der Waals surface area (Å²) in [7, 11) is -4.18. The first-order valence-corrected chi connectivity index (χ1v) is 12.4. The molecule has 0 heterocycles. The molecule has 1 N–H and O–H groups in total. The van der Waals surface area contributed by atoms with Gasteiger partial charge in [0.2, 0.25) is 21.8 Å². The van der Waals surface area contributed by atoms with E-state index in [0.29, 0.717) is 22.5 Å². The minimum absolute atomic E-state index is 0.00993. The van der Waals surface area contributed by atoms with Crippen LogP contribution >= 0.6 is 11.6 Å². The van der Waals surface area contributed by atoms with Crippen LogP contribution in [-0.4, -0.2) is 50.5 Å². The van der Waals surface area contributed by atoms with Crippen molar-refractivity contribution in [3.63, 3.8) is 0 Å². The van der Waals surface area contributed by atoms with Gasteiger partial charge in [-0.2, -0.15) is 13.2 Å². The number of sulfonamides is 1. The lowest BCUT2D eigenvalue weighted by Gasteiger charge is -2.31. The number of amides is 2. The van der Waals surface area contributed by atoms with Crippen LogP contribution < -0.4 is 9.62 Å². The third-order valence-electron chi connectivity index (χ3n) is 4.94. The fraction of sp³-hybridized carbons (Fsp3) is 0.364. The highest BCUT2D eigenvalue weighted by Gasteiger charge is 2.35. The van der Waals surface area contributed by atoms with Gasteiger partial charge in [0.25, 0.3) is 0 Å². The Hall–Kier alpha value is -2.79. The summed E-state index contributed by atoms with van der Waals surface area (Å²) >= 11 is 5.64. The largest absolute Gasteiger partial charge is 0.417 e. The molecule has 12 heteroatoms. The first-order valence-electron chi connectivity index (χ1n) is 10.2. The lowest BCUT2D eigenvalue weighted by molar-refractivity contribution is -0.139. The van der Waals surface area contributed by atoms with Gasteiger partial charge >= 0.3 is 6.18 Å². The van der Waals surface area contributed by atoms with Crippen LogP contribution in [0.25, 0.3) is 0 Å². The fourth-order valence-corrected chi connectivity index (χ4v) is 4.25. The number of benzene rings is 2. The van der Waals surface area contributed by atoms with Crippen molar-refractivity contribution in [3.05, 3.63) is 64.7 Å². The van der Waals surface area contributed by atoms with Crippen molar-refractivity contribution in [1.29, 1.82) is 0 Å². The Bertz CT molecular complexity index is 1130. The number of anilines is 1. The Labute approximate surface area is 201 Å². The van der Waals surface area contributed by atoms with Crippen molar-refractivity contribution in [3.8, 4) is 0 Å². The second kappa shape index (κ2) is 11.1. The van der Waals surface area contributed by atoms with E-state index in [9.17, 15) is 31.2 Å². The van der Waals surface area contributed by atoms with Gasteiger partial charge in [-0.1, -0.05) is 41.9 Å². The third-order valence-corrected chi connectivity index (χ3v) is 6.41. The molecule has 0 unspecified atom stereocenters. The minimum atomic E-state index is -4.83. The van der Waals surface area contributed by atoms with Crippen LogP contribution in [-0.2, 0) is 32.3 Å². The summed E-state index contributed by atoms with van der Waals surface area (Å²) in [5, 5.41) is 2.00. The Kier molecular flexibility index (Phi) is 8.96. The molecular formula is C22H25ClF3N3O4S. The van der Waals surface area contributed by atoms with Crippen molar-refractivity contribution in [2.75, 3.05) is 23.7 Å². The van der Waals surface area contributed by atoms with E-state index < -0.39 is 51.2 Å². The highest BCUT2D eigenvalue weighted by Crippen LogP contribution is 2.37. The van der Waals surface area contributed by atoms with Gasteiger partial charge in [-0.3, -0.25) is 13.9 Å². The average molecular weight is 520 g/mol. The monoisotopic (exact) mass is 519 g/mol. The van der Waals surface area contributed by atoms with Gasteiger partial charge in [-0.25, -0.2) is 8.42 Å². The molecular weight excluding hydrogens is 495 g/mol. The minimum Gasteiger partial charge on any atom is -0.355 e. The predicted octanol–water partition coefficient (Wildman–Crippen LogP) is 3.68. The van der Waals surface area contributed by atoms with Gasteiger partial charge in [0.1, 0.15) is 12.6 Å². The molecule has 2 amide bonds. The quantitative estimate of drug-likeness (QED) is 0.547. The Morgan fingerprint density at radius 3 is 2.26 bits per heavy atom. The van der Waals surface area contributed by atoms with Gasteiger partial charge < -0.3 is 10.2 Å². The van der Waals surface area contributed by atoms with E-state index in [-0.39, 0.29) is 12.2 Å². The van der Waals surface area contributed by atoms with Crippen LogP contribution in [0.3, 0.4) is 0 Å². The summed E-state index contributed by atoms with van der Waals surface area (Å²) in [4.78, 5) is 26.9. The molecule has 2 aromatic rings. The molecule has 0 aliphatic carbocycles. The molecule has 2 aromatic carbocycles. The SMILES string of the molecule is CCNC(=O)[C@H](C)N(Cc1ccccc1)C(=O)CN(c1ccc(Cl)c(C(F)(F)F)c1)S(C)(=O)=O. The summed E-state index contributed by atoms with van der Waals surface area (Å²) in [6.07, 6.45) is -4.05. The second-order valence-electron chi connectivity index (χ2n) is 7.51. The third kappa shape index (κ3) is 7.10. The van der Waals surface area contributed by atoms with Gasteiger partial charge in [0, 0.05) is 13.1 Å². The molecule has 2 rings (SSSR count). The van der Waals surface area contributed by atoms with E-state index in [1.54, 1.807) is 37.3 Å². The van der Waals surface area contributed by atoms with E-state index in [4.69, 9.17) is 11.6 Å². The molecule has 0 aliphatic rings. The Morgan fingerprint density at radius 2 is 1.74 bits per heavy atom. The van der Waals surface area contributed by atoms with E-state index in [1.165, 1.54) is 11.8 Å². The first-order chi connectivity index (χ1) is 15.8. The van der Waals surface area contributed by atoms with Crippen molar-refractivity contribution in [2.24, 2.45) is 0 Å². The van der Waals surface area contributed by atoms with E-state index in [1.807, 2.05) is 0 Å². The highest BCUT2D eigenvalue weighted by atomic mass is 35.5. The number of nitrogens with one attached hydrogen (secondary N) is 1. The number of hydrogen-bond acceptors (Lipinski definition) is 4. The summed E-state index contributed by atoms with van der Waals surface area (Å²) in [6, 6.07) is 10.3. The number of likely N-dealkylation sites (N-methyl/N-ethyl adjacent to an activating group) is 1. The zero-order valence-electron chi connectivity index (χ0n) is 18.8.